The van der Waals surface area contributed by atoms with Crippen LogP contribution < -0.4 is 5.32 Å². The van der Waals surface area contributed by atoms with Crippen LogP contribution in [-0.2, 0) is 10.7 Å². The first-order valence-electron chi connectivity index (χ1n) is 6.34. The third-order valence-corrected chi connectivity index (χ3v) is 3.72. The number of carbonyl (C=O) groups is 1. The van der Waals surface area contributed by atoms with Crippen molar-refractivity contribution in [3.05, 3.63) is 29.8 Å². The molecular formula is C14H16ClF2NO. The van der Waals surface area contributed by atoms with Crippen LogP contribution in [0.3, 0.4) is 0 Å². The minimum atomic E-state index is -2.72. The van der Waals surface area contributed by atoms with Crippen molar-refractivity contribution in [2.75, 3.05) is 5.32 Å². The average Bonchev–Trinajstić information content (AvgIpc) is 2.38. The Labute approximate surface area is 116 Å². The Balaban J connectivity index is 2.04. The molecule has 1 saturated carbocycles. The van der Waals surface area contributed by atoms with Gasteiger partial charge in [-0.25, -0.2) is 8.78 Å². The number of carbonyl (C=O) groups excluding carboxylic acids is 1. The number of hydrogen-bond donors (Lipinski definition) is 1. The van der Waals surface area contributed by atoms with E-state index >= 15 is 0 Å². The minimum Gasteiger partial charge on any atom is -0.326 e. The molecule has 19 heavy (non-hydrogen) atoms. The molecule has 1 aromatic carbocycles. The molecule has 1 aliphatic rings. The third kappa shape index (κ3) is 3.66. The number of nitrogens with one attached hydrogen (secondary N) is 1. The largest absolute Gasteiger partial charge is 0.326 e. The Morgan fingerprint density at radius 3 is 2.84 bits per heavy atom. The fourth-order valence-electron chi connectivity index (χ4n) is 2.39. The van der Waals surface area contributed by atoms with E-state index in [9.17, 15) is 13.6 Å². The van der Waals surface area contributed by atoms with Crippen LogP contribution in [0.25, 0.3) is 0 Å². The van der Waals surface area contributed by atoms with Gasteiger partial charge >= 0.3 is 0 Å². The van der Waals surface area contributed by atoms with Gasteiger partial charge < -0.3 is 5.32 Å². The highest BCUT2D eigenvalue weighted by molar-refractivity contribution is 6.17. The third-order valence-electron chi connectivity index (χ3n) is 3.43. The molecule has 1 unspecified atom stereocenters. The van der Waals surface area contributed by atoms with Crippen LogP contribution in [0.4, 0.5) is 14.5 Å². The number of amides is 1. The molecule has 1 fully saturated rings. The van der Waals surface area contributed by atoms with E-state index in [4.69, 9.17) is 11.6 Å². The first-order chi connectivity index (χ1) is 9.02. The summed E-state index contributed by atoms with van der Waals surface area (Å²) in [5, 5.41) is 2.71. The Hall–Kier alpha value is -1.16. The van der Waals surface area contributed by atoms with Crippen molar-refractivity contribution in [2.45, 2.75) is 37.5 Å². The molecule has 104 valence electrons. The molecule has 0 saturated heterocycles. The number of halogens is 3. The van der Waals surface area contributed by atoms with Crippen molar-refractivity contribution in [1.82, 2.24) is 0 Å². The van der Waals surface area contributed by atoms with E-state index in [2.05, 4.69) is 5.32 Å². The highest BCUT2D eigenvalue weighted by atomic mass is 35.5. The quantitative estimate of drug-likeness (QED) is 0.830. The lowest BCUT2D eigenvalue weighted by molar-refractivity contribution is -0.127. The van der Waals surface area contributed by atoms with Crippen LogP contribution in [0, 0.1) is 5.92 Å². The maximum absolute atomic E-state index is 13.3. The van der Waals surface area contributed by atoms with E-state index in [0.717, 1.165) is 5.56 Å². The van der Waals surface area contributed by atoms with Gasteiger partial charge in [0, 0.05) is 30.3 Å². The van der Waals surface area contributed by atoms with Crippen molar-refractivity contribution in [3.63, 3.8) is 0 Å². The Kier molecular flexibility index (Phi) is 4.40. The molecule has 0 bridgehead atoms. The van der Waals surface area contributed by atoms with Gasteiger partial charge in [0.15, 0.2) is 0 Å². The van der Waals surface area contributed by atoms with Gasteiger partial charge in [-0.15, -0.1) is 11.6 Å². The molecule has 0 heterocycles. The Morgan fingerprint density at radius 1 is 1.42 bits per heavy atom. The molecule has 0 radical (unpaired) electrons. The molecule has 5 heteroatoms. The molecule has 1 aromatic rings. The zero-order valence-corrected chi connectivity index (χ0v) is 11.2. The summed E-state index contributed by atoms with van der Waals surface area (Å²) < 4.78 is 26.6. The first kappa shape index (κ1) is 14.3. The molecule has 2 nitrogen and oxygen atoms in total. The summed E-state index contributed by atoms with van der Waals surface area (Å²) in [5.74, 6) is -3.40. The molecule has 0 aromatic heterocycles. The molecule has 1 N–H and O–H groups in total. The second-order valence-corrected chi connectivity index (χ2v) is 5.20. The van der Waals surface area contributed by atoms with Gasteiger partial charge in [0.05, 0.1) is 0 Å². The van der Waals surface area contributed by atoms with E-state index in [1.807, 2.05) is 6.07 Å². The van der Waals surface area contributed by atoms with Gasteiger partial charge in [-0.3, -0.25) is 4.79 Å². The Morgan fingerprint density at radius 2 is 2.16 bits per heavy atom. The van der Waals surface area contributed by atoms with Crippen LogP contribution in [0.5, 0.6) is 0 Å². The summed E-state index contributed by atoms with van der Waals surface area (Å²) in [6.45, 7) is 0. The summed E-state index contributed by atoms with van der Waals surface area (Å²) in [6.07, 6.45) is 0.434. The number of anilines is 1. The van der Waals surface area contributed by atoms with Gasteiger partial charge in [-0.05, 0) is 24.5 Å². The smallest absolute Gasteiger partial charge is 0.248 e. The lowest BCUT2D eigenvalue weighted by Gasteiger charge is -2.28. The van der Waals surface area contributed by atoms with Crippen molar-refractivity contribution in [1.29, 1.82) is 0 Å². The normalized spacial score (nSPS) is 21.9. The average molecular weight is 288 g/mol. The van der Waals surface area contributed by atoms with Crippen LogP contribution >= 0.6 is 11.6 Å². The Bertz CT molecular complexity index is 465. The predicted octanol–water partition coefficient (Wildman–Crippen LogP) is 4.19. The summed E-state index contributed by atoms with van der Waals surface area (Å²) in [5.41, 5.74) is 1.40. The summed E-state index contributed by atoms with van der Waals surface area (Å²) in [6, 6.07) is 7.14. The second kappa shape index (κ2) is 5.87. The van der Waals surface area contributed by atoms with Crippen molar-refractivity contribution < 1.29 is 13.6 Å². The summed E-state index contributed by atoms with van der Waals surface area (Å²) in [7, 11) is 0. The van der Waals surface area contributed by atoms with Crippen molar-refractivity contribution in [3.8, 4) is 0 Å². The molecule has 1 aliphatic carbocycles. The maximum atomic E-state index is 13.3. The van der Waals surface area contributed by atoms with E-state index in [1.165, 1.54) is 0 Å². The lowest BCUT2D eigenvalue weighted by Crippen LogP contribution is -2.33. The van der Waals surface area contributed by atoms with E-state index in [-0.39, 0.29) is 24.6 Å². The monoisotopic (exact) mass is 287 g/mol. The zero-order valence-electron chi connectivity index (χ0n) is 10.5. The second-order valence-electron chi connectivity index (χ2n) is 4.93. The van der Waals surface area contributed by atoms with Gasteiger partial charge in [0.25, 0.3) is 0 Å². The van der Waals surface area contributed by atoms with Crippen LogP contribution in [0.15, 0.2) is 24.3 Å². The van der Waals surface area contributed by atoms with Gasteiger partial charge in [0.1, 0.15) is 0 Å². The van der Waals surface area contributed by atoms with Crippen LogP contribution in [0.2, 0.25) is 0 Å². The highest BCUT2D eigenvalue weighted by Crippen LogP contribution is 2.37. The minimum absolute atomic E-state index is 0.116. The van der Waals surface area contributed by atoms with Crippen LogP contribution in [0.1, 0.15) is 31.2 Å². The molecule has 1 atom stereocenters. The lowest BCUT2D eigenvalue weighted by atomic mass is 9.86. The molecule has 2 rings (SSSR count). The van der Waals surface area contributed by atoms with Gasteiger partial charge in [0.2, 0.25) is 11.8 Å². The maximum Gasteiger partial charge on any atom is 0.248 e. The van der Waals surface area contributed by atoms with Gasteiger partial charge in [-0.2, -0.15) is 0 Å². The van der Waals surface area contributed by atoms with E-state index in [1.54, 1.807) is 18.2 Å². The number of rotatable bonds is 3. The highest BCUT2D eigenvalue weighted by Gasteiger charge is 2.39. The molecule has 1 amide bonds. The van der Waals surface area contributed by atoms with Crippen molar-refractivity contribution >= 4 is 23.2 Å². The molecule has 0 aliphatic heterocycles. The zero-order chi connectivity index (χ0) is 13.9. The van der Waals surface area contributed by atoms with Crippen molar-refractivity contribution in [2.24, 2.45) is 5.92 Å². The van der Waals surface area contributed by atoms with Crippen LogP contribution in [-0.4, -0.2) is 11.8 Å². The topological polar surface area (TPSA) is 29.1 Å². The SMILES string of the molecule is O=C(Nc1ccccc1CCl)C1CCCC(F)(F)C1. The fourth-order valence-corrected chi connectivity index (χ4v) is 2.62. The summed E-state index contributed by atoms with van der Waals surface area (Å²) >= 11 is 5.78. The first-order valence-corrected chi connectivity index (χ1v) is 6.88. The molecule has 0 spiro atoms. The van der Waals surface area contributed by atoms with E-state index in [0.29, 0.717) is 18.5 Å². The molecular weight excluding hydrogens is 272 g/mol. The van der Waals surface area contributed by atoms with E-state index < -0.39 is 11.8 Å². The fraction of sp³-hybridized carbons (Fsp3) is 0.500. The number of benzene rings is 1. The summed E-state index contributed by atoms with van der Waals surface area (Å²) in [4.78, 5) is 12.0. The predicted molar refractivity (Wildman–Crippen MR) is 71.5 cm³/mol. The standard InChI is InChI=1S/C14H16ClF2NO/c15-9-11-4-1-2-6-12(11)18-13(19)10-5-3-7-14(16,17)8-10/h1-2,4,6,10H,3,5,7-9H2,(H,18,19). The number of hydrogen-bond acceptors (Lipinski definition) is 1. The van der Waals surface area contributed by atoms with Gasteiger partial charge in [-0.1, -0.05) is 18.2 Å². The number of para-hydroxylation sites is 1. The number of alkyl halides is 3.